The fourth-order valence-electron chi connectivity index (χ4n) is 1.22. The summed E-state index contributed by atoms with van der Waals surface area (Å²) in [6.07, 6.45) is 1.77. The average molecular weight is 197 g/mol. The minimum atomic E-state index is -0.977. The molecule has 1 rings (SSSR count). The highest BCUT2D eigenvalue weighted by atomic mass is 16.4. The third-order valence-electron chi connectivity index (χ3n) is 1.91. The van der Waals surface area contributed by atoms with Crippen molar-refractivity contribution in [1.29, 1.82) is 0 Å². The van der Waals surface area contributed by atoms with Gasteiger partial charge in [0.05, 0.1) is 5.69 Å². The Morgan fingerprint density at radius 1 is 1.64 bits per heavy atom. The van der Waals surface area contributed by atoms with E-state index in [4.69, 9.17) is 5.11 Å². The fourth-order valence-corrected chi connectivity index (χ4v) is 1.22. The van der Waals surface area contributed by atoms with Crippen LogP contribution < -0.4 is 5.32 Å². The lowest BCUT2D eigenvalue weighted by molar-refractivity contribution is 0.0678. The summed E-state index contributed by atoms with van der Waals surface area (Å²) in [5.74, 6) is -0.866. The summed E-state index contributed by atoms with van der Waals surface area (Å²) in [6, 6.07) is 0. The van der Waals surface area contributed by atoms with Gasteiger partial charge in [0.15, 0.2) is 0 Å². The van der Waals surface area contributed by atoms with Gasteiger partial charge in [0.2, 0.25) is 5.82 Å². The van der Waals surface area contributed by atoms with Gasteiger partial charge in [0, 0.05) is 19.3 Å². The van der Waals surface area contributed by atoms with E-state index >= 15 is 0 Å². The van der Waals surface area contributed by atoms with Crippen molar-refractivity contribution in [2.45, 2.75) is 26.9 Å². The first-order valence-electron chi connectivity index (χ1n) is 4.69. The van der Waals surface area contributed by atoms with Crippen LogP contribution in [0.3, 0.4) is 0 Å². The number of rotatable bonds is 5. The van der Waals surface area contributed by atoms with Gasteiger partial charge in [-0.05, 0) is 13.5 Å². The molecule has 2 N–H and O–H groups in total. The topological polar surface area (TPSA) is 67.2 Å². The monoisotopic (exact) mass is 197 g/mol. The molecule has 0 saturated heterocycles. The summed E-state index contributed by atoms with van der Waals surface area (Å²) in [5.41, 5.74) is 0.770. The van der Waals surface area contributed by atoms with Crippen LogP contribution in [-0.2, 0) is 13.1 Å². The molecule has 78 valence electrons. The molecule has 0 atom stereocenters. The molecule has 0 spiro atoms. The molecule has 0 aliphatic rings. The van der Waals surface area contributed by atoms with Crippen molar-refractivity contribution in [2.24, 2.45) is 0 Å². The van der Waals surface area contributed by atoms with E-state index in [2.05, 4.69) is 10.3 Å². The zero-order chi connectivity index (χ0) is 10.6. The molecule has 0 saturated carbocycles. The lowest BCUT2D eigenvalue weighted by Crippen LogP contribution is -2.12. The molecule has 0 aliphatic carbocycles. The van der Waals surface area contributed by atoms with Crippen molar-refractivity contribution in [3.8, 4) is 0 Å². The molecule has 1 aromatic rings. The Hall–Kier alpha value is -1.36. The number of aryl methyl sites for hydroxylation is 1. The first-order valence-corrected chi connectivity index (χ1v) is 4.69. The van der Waals surface area contributed by atoms with Crippen molar-refractivity contribution >= 4 is 5.97 Å². The van der Waals surface area contributed by atoms with Crippen LogP contribution in [0.25, 0.3) is 0 Å². The van der Waals surface area contributed by atoms with Crippen molar-refractivity contribution in [3.63, 3.8) is 0 Å². The van der Waals surface area contributed by atoms with Gasteiger partial charge in [-0.15, -0.1) is 0 Å². The summed E-state index contributed by atoms with van der Waals surface area (Å²) >= 11 is 0. The van der Waals surface area contributed by atoms with Gasteiger partial charge in [0.1, 0.15) is 0 Å². The molecule has 0 fully saturated rings. The molecule has 0 amide bonds. The molecule has 1 aromatic heterocycles. The summed E-state index contributed by atoms with van der Waals surface area (Å²) in [4.78, 5) is 14.8. The Morgan fingerprint density at radius 2 is 2.36 bits per heavy atom. The zero-order valence-electron chi connectivity index (χ0n) is 8.45. The number of nitrogens with one attached hydrogen (secondary N) is 1. The highest BCUT2D eigenvalue weighted by Gasteiger charge is 2.12. The largest absolute Gasteiger partial charge is 0.475 e. The van der Waals surface area contributed by atoms with Gasteiger partial charge in [-0.1, -0.05) is 6.92 Å². The van der Waals surface area contributed by atoms with Crippen molar-refractivity contribution in [3.05, 3.63) is 17.7 Å². The summed E-state index contributed by atoms with van der Waals surface area (Å²) in [6.45, 7) is 5.98. The number of carboxylic acid groups (broad SMARTS) is 1. The second-order valence-corrected chi connectivity index (χ2v) is 2.93. The lowest BCUT2D eigenvalue weighted by Gasteiger charge is -1.97. The Labute approximate surface area is 82.8 Å². The van der Waals surface area contributed by atoms with E-state index in [1.165, 1.54) is 0 Å². The van der Waals surface area contributed by atoms with E-state index in [1.54, 1.807) is 10.8 Å². The van der Waals surface area contributed by atoms with Crippen LogP contribution in [0.4, 0.5) is 0 Å². The first-order chi connectivity index (χ1) is 6.69. The van der Waals surface area contributed by atoms with E-state index < -0.39 is 5.97 Å². The maximum Gasteiger partial charge on any atom is 0.372 e. The molecular weight excluding hydrogens is 182 g/mol. The smallest absolute Gasteiger partial charge is 0.372 e. The first kappa shape index (κ1) is 10.7. The third-order valence-corrected chi connectivity index (χ3v) is 1.91. The maximum atomic E-state index is 10.8. The quantitative estimate of drug-likeness (QED) is 0.729. The number of hydrogen-bond acceptors (Lipinski definition) is 3. The lowest BCUT2D eigenvalue weighted by atomic mass is 10.4. The molecule has 0 radical (unpaired) electrons. The molecule has 0 aliphatic heterocycles. The van der Waals surface area contributed by atoms with Crippen molar-refractivity contribution < 1.29 is 9.90 Å². The fraction of sp³-hybridized carbons (Fsp3) is 0.556. The number of carbonyl (C=O) groups is 1. The van der Waals surface area contributed by atoms with Gasteiger partial charge in [-0.3, -0.25) is 0 Å². The number of nitrogens with zero attached hydrogens (tertiary/aromatic N) is 2. The molecule has 5 heteroatoms. The Bertz CT molecular complexity index is 320. The van der Waals surface area contributed by atoms with Gasteiger partial charge >= 0.3 is 5.97 Å². The molecule has 0 aromatic carbocycles. The molecule has 0 unspecified atom stereocenters. The predicted octanol–water partition coefficient (Wildman–Crippen LogP) is 0.711. The van der Waals surface area contributed by atoms with Gasteiger partial charge in [0.25, 0.3) is 0 Å². The van der Waals surface area contributed by atoms with Crippen LogP contribution in [0.1, 0.15) is 30.2 Å². The van der Waals surface area contributed by atoms with E-state index in [0.717, 1.165) is 12.2 Å². The standard InChI is InChI=1S/C9H15N3O2/c1-3-10-5-7-6-12(4-2)8(11-7)9(13)14/h6,10H,3-5H2,1-2H3,(H,13,14). The highest BCUT2D eigenvalue weighted by Crippen LogP contribution is 2.03. The van der Waals surface area contributed by atoms with Crippen LogP contribution >= 0.6 is 0 Å². The van der Waals surface area contributed by atoms with Crippen LogP contribution in [0.5, 0.6) is 0 Å². The van der Waals surface area contributed by atoms with Crippen molar-refractivity contribution in [2.75, 3.05) is 6.54 Å². The van der Waals surface area contributed by atoms with Crippen LogP contribution in [-0.4, -0.2) is 27.2 Å². The molecule has 0 bridgehead atoms. The number of hydrogen-bond donors (Lipinski definition) is 2. The number of aromatic nitrogens is 2. The number of carboxylic acids is 1. The third kappa shape index (κ3) is 2.32. The van der Waals surface area contributed by atoms with Crippen LogP contribution in [0.2, 0.25) is 0 Å². The van der Waals surface area contributed by atoms with E-state index in [9.17, 15) is 4.79 Å². The molecule has 14 heavy (non-hydrogen) atoms. The normalized spacial score (nSPS) is 10.4. The average Bonchev–Trinajstić information content (AvgIpc) is 2.57. The summed E-state index contributed by atoms with van der Waals surface area (Å²) in [7, 11) is 0. The molecule has 1 heterocycles. The van der Waals surface area contributed by atoms with Crippen molar-refractivity contribution in [1.82, 2.24) is 14.9 Å². The second kappa shape index (κ2) is 4.76. The minimum Gasteiger partial charge on any atom is -0.475 e. The maximum absolute atomic E-state index is 10.8. The van der Waals surface area contributed by atoms with Gasteiger partial charge < -0.3 is 15.0 Å². The number of aromatic carboxylic acids is 1. The van der Waals surface area contributed by atoms with Gasteiger partial charge in [-0.2, -0.15) is 0 Å². The van der Waals surface area contributed by atoms with E-state index in [-0.39, 0.29) is 5.82 Å². The Morgan fingerprint density at radius 3 is 2.79 bits per heavy atom. The predicted molar refractivity (Wildman–Crippen MR) is 52.2 cm³/mol. The van der Waals surface area contributed by atoms with Crippen LogP contribution in [0, 0.1) is 0 Å². The summed E-state index contributed by atoms with van der Waals surface area (Å²) < 4.78 is 1.63. The molecule has 5 nitrogen and oxygen atoms in total. The Kier molecular flexibility index (Phi) is 3.64. The number of imidazole rings is 1. The minimum absolute atomic E-state index is 0.111. The molecular formula is C9H15N3O2. The summed E-state index contributed by atoms with van der Waals surface area (Å²) in [5, 5.41) is 11.9. The van der Waals surface area contributed by atoms with E-state index in [1.807, 2.05) is 13.8 Å². The second-order valence-electron chi connectivity index (χ2n) is 2.93. The van der Waals surface area contributed by atoms with Gasteiger partial charge in [-0.25, -0.2) is 9.78 Å². The van der Waals surface area contributed by atoms with E-state index in [0.29, 0.717) is 13.1 Å². The zero-order valence-corrected chi connectivity index (χ0v) is 8.45. The van der Waals surface area contributed by atoms with Crippen LogP contribution in [0.15, 0.2) is 6.20 Å². The SMILES string of the molecule is CCNCc1cn(CC)c(C(=O)O)n1. The highest BCUT2D eigenvalue weighted by molar-refractivity contribution is 5.83. The Balaban J connectivity index is 2.83.